The standard InChI is InChI=1S/C17H19NO3/c1-17(2,3)14-10-13(7-8-15(14)19)21-16(20)11-5-4-6-12(18)9-11/h4-10,19H,18H2,1-3H3. The molecular weight excluding hydrogens is 266 g/mol. The van der Waals surface area contributed by atoms with Crippen molar-refractivity contribution in [3.63, 3.8) is 0 Å². The number of anilines is 1. The van der Waals surface area contributed by atoms with Crippen LogP contribution in [0, 0.1) is 0 Å². The van der Waals surface area contributed by atoms with E-state index >= 15 is 0 Å². The third-order valence-electron chi connectivity index (χ3n) is 3.11. The van der Waals surface area contributed by atoms with E-state index in [9.17, 15) is 9.90 Å². The summed E-state index contributed by atoms with van der Waals surface area (Å²) in [5.74, 6) is 0.101. The number of esters is 1. The van der Waals surface area contributed by atoms with E-state index in [0.717, 1.165) is 5.56 Å². The molecule has 110 valence electrons. The predicted molar refractivity (Wildman–Crippen MR) is 82.6 cm³/mol. The van der Waals surface area contributed by atoms with Crippen molar-refractivity contribution >= 4 is 11.7 Å². The third kappa shape index (κ3) is 3.54. The van der Waals surface area contributed by atoms with E-state index in [0.29, 0.717) is 17.0 Å². The smallest absolute Gasteiger partial charge is 0.343 e. The molecule has 0 atom stereocenters. The molecule has 0 aliphatic heterocycles. The molecule has 2 aromatic carbocycles. The molecule has 0 fully saturated rings. The number of hydrogen-bond acceptors (Lipinski definition) is 4. The monoisotopic (exact) mass is 285 g/mol. The Balaban J connectivity index is 2.26. The Morgan fingerprint density at radius 1 is 1.14 bits per heavy atom. The van der Waals surface area contributed by atoms with Crippen molar-refractivity contribution in [2.45, 2.75) is 26.2 Å². The van der Waals surface area contributed by atoms with Crippen LogP contribution in [0.25, 0.3) is 0 Å². The van der Waals surface area contributed by atoms with Gasteiger partial charge in [0.05, 0.1) is 5.56 Å². The van der Waals surface area contributed by atoms with Crippen LogP contribution in [-0.4, -0.2) is 11.1 Å². The molecule has 0 aromatic heterocycles. The molecule has 0 spiro atoms. The van der Waals surface area contributed by atoms with Gasteiger partial charge in [-0.2, -0.15) is 0 Å². The van der Waals surface area contributed by atoms with Crippen LogP contribution in [0.3, 0.4) is 0 Å². The minimum absolute atomic E-state index is 0.186. The molecule has 2 aromatic rings. The van der Waals surface area contributed by atoms with Crippen molar-refractivity contribution in [2.24, 2.45) is 0 Å². The Morgan fingerprint density at radius 3 is 2.48 bits per heavy atom. The number of ether oxygens (including phenoxy) is 1. The van der Waals surface area contributed by atoms with Gasteiger partial charge in [-0.3, -0.25) is 0 Å². The molecule has 21 heavy (non-hydrogen) atoms. The Hall–Kier alpha value is -2.49. The molecule has 0 saturated carbocycles. The first-order valence-corrected chi connectivity index (χ1v) is 6.68. The van der Waals surface area contributed by atoms with Crippen LogP contribution in [0.4, 0.5) is 5.69 Å². The summed E-state index contributed by atoms with van der Waals surface area (Å²) in [6.07, 6.45) is 0. The van der Waals surface area contributed by atoms with Gasteiger partial charge in [0, 0.05) is 11.3 Å². The molecule has 2 rings (SSSR count). The fourth-order valence-electron chi connectivity index (χ4n) is 2.01. The number of aromatic hydroxyl groups is 1. The number of rotatable bonds is 2. The van der Waals surface area contributed by atoms with Gasteiger partial charge in [-0.25, -0.2) is 4.79 Å². The summed E-state index contributed by atoms with van der Waals surface area (Å²) in [5.41, 5.74) is 7.02. The molecular formula is C17H19NO3. The molecule has 3 N–H and O–H groups in total. The van der Waals surface area contributed by atoms with Crippen molar-refractivity contribution in [3.8, 4) is 11.5 Å². The third-order valence-corrected chi connectivity index (χ3v) is 3.11. The lowest BCUT2D eigenvalue weighted by molar-refractivity contribution is 0.0734. The van der Waals surface area contributed by atoms with Crippen molar-refractivity contribution in [3.05, 3.63) is 53.6 Å². The van der Waals surface area contributed by atoms with Crippen molar-refractivity contribution in [1.82, 2.24) is 0 Å². The summed E-state index contributed by atoms with van der Waals surface area (Å²) >= 11 is 0. The maximum Gasteiger partial charge on any atom is 0.343 e. The lowest BCUT2D eigenvalue weighted by atomic mass is 9.86. The maximum absolute atomic E-state index is 12.1. The van der Waals surface area contributed by atoms with E-state index in [1.807, 2.05) is 20.8 Å². The van der Waals surface area contributed by atoms with Crippen LogP contribution in [0.1, 0.15) is 36.7 Å². The van der Waals surface area contributed by atoms with Crippen molar-refractivity contribution < 1.29 is 14.6 Å². The van der Waals surface area contributed by atoms with Gasteiger partial charge in [0.15, 0.2) is 0 Å². The SMILES string of the molecule is CC(C)(C)c1cc(OC(=O)c2cccc(N)c2)ccc1O. The van der Waals surface area contributed by atoms with Gasteiger partial charge in [0.2, 0.25) is 0 Å². The van der Waals surface area contributed by atoms with E-state index in [4.69, 9.17) is 10.5 Å². The molecule has 0 unspecified atom stereocenters. The minimum atomic E-state index is -0.479. The second kappa shape index (κ2) is 5.48. The Labute approximate surface area is 124 Å². The molecule has 0 aliphatic carbocycles. The number of hydrogen-bond donors (Lipinski definition) is 2. The number of phenols is 1. The first kappa shape index (κ1) is 14.9. The lowest BCUT2D eigenvalue weighted by Gasteiger charge is -2.21. The maximum atomic E-state index is 12.1. The summed E-state index contributed by atoms with van der Waals surface area (Å²) in [6.45, 7) is 5.93. The van der Waals surface area contributed by atoms with Crippen LogP contribution in [0.2, 0.25) is 0 Å². The van der Waals surface area contributed by atoms with Gasteiger partial charge < -0.3 is 15.6 Å². The average Bonchev–Trinajstić information content (AvgIpc) is 2.39. The highest BCUT2D eigenvalue weighted by Gasteiger charge is 2.19. The highest BCUT2D eigenvalue weighted by molar-refractivity contribution is 5.92. The van der Waals surface area contributed by atoms with Crippen molar-refractivity contribution in [1.29, 1.82) is 0 Å². The van der Waals surface area contributed by atoms with E-state index in [1.165, 1.54) is 6.07 Å². The quantitative estimate of drug-likeness (QED) is 0.503. The zero-order chi connectivity index (χ0) is 15.6. The second-order valence-corrected chi connectivity index (χ2v) is 5.94. The number of nitrogen functional groups attached to an aromatic ring is 1. The van der Waals surface area contributed by atoms with Crippen LogP contribution in [0.5, 0.6) is 11.5 Å². The van der Waals surface area contributed by atoms with Gasteiger partial charge in [-0.1, -0.05) is 26.8 Å². The Kier molecular flexibility index (Phi) is 3.89. The molecule has 0 amide bonds. The number of benzene rings is 2. The van der Waals surface area contributed by atoms with Gasteiger partial charge >= 0.3 is 5.97 Å². The van der Waals surface area contributed by atoms with Crippen LogP contribution >= 0.6 is 0 Å². The molecule has 0 saturated heterocycles. The number of carbonyl (C=O) groups excluding carboxylic acids is 1. The van der Waals surface area contributed by atoms with E-state index in [2.05, 4.69) is 0 Å². The Bertz CT molecular complexity index is 672. The first-order valence-electron chi connectivity index (χ1n) is 6.68. The molecule has 0 aliphatic rings. The average molecular weight is 285 g/mol. The molecule has 0 radical (unpaired) electrons. The number of nitrogens with two attached hydrogens (primary N) is 1. The summed E-state index contributed by atoms with van der Waals surface area (Å²) in [5, 5.41) is 9.90. The van der Waals surface area contributed by atoms with E-state index in [1.54, 1.807) is 36.4 Å². The highest BCUT2D eigenvalue weighted by atomic mass is 16.5. The number of phenolic OH excluding ortho intramolecular Hbond substituents is 1. The van der Waals surface area contributed by atoms with Crippen LogP contribution in [-0.2, 0) is 5.41 Å². The fraction of sp³-hybridized carbons (Fsp3) is 0.235. The molecule has 0 heterocycles. The topological polar surface area (TPSA) is 72.5 Å². The molecule has 4 heteroatoms. The molecule has 0 bridgehead atoms. The van der Waals surface area contributed by atoms with E-state index < -0.39 is 5.97 Å². The van der Waals surface area contributed by atoms with Gasteiger partial charge in [-0.15, -0.1) is 0 Å². The first-order chi connectivity index (χ1) is 9.77. The van der Waals surface area contributed by atoms with Gasteiger partial charge in [0.1, 0.15) is 11.5 Å². The highest BCUT2D eigenvalue weighted by Crippen LogP contribution is 2.33. The van der Waals surface area contributed by atoms with Crippen LogP contribution in [0.15, 0.2) is 42.5 Å². The normalized spacial score (nSPS) is 11.2. The summed E-state index contributed by atoms with van der Waals surface area (Å²) in [7, 11) is 0. The lowest BCUT2D eigenvalue weighted by Crippen LogP contribution is -2.13. The predicted octanol–water partition coefficient (Wildman–Crippen LogP) is 3.49. The second-order valence-electron chi connectivity index (χ2n) is 5.94. The fourth-order valence-corrected chi connectivity index (χ4v) is 2.01. The number of carbonyl (C=O) groups is 1. The zero-order valence-corrected chi connectivity index (χ0v) is 12.4. The summed E-state index contributed by atoms with van der Waals surface area (Å²) in [6, 6.07) is 11.4. The van der Waals surface area contributed by atoms with Crippen molar-refractivity contribution in [2.75, 3.05) is 5.73 Å². The largest absolute Gasteiger partial charge is 0.508 e. The molecule has 4 nitrogen and oxygen atoms in total. The summed E-state index contributed by atoms with van der Waals surface area (Å²) in [4.78, 5) is 12.1. The van der Waals surface area contributed by atoms with Gasteiger partial charge in [0.25, 0.3) is 0 Å². The van der Waals surface area contributed by atoms with Gasteiger partial charge in [-0.05, 0) is 41.8 Å². The van der Waals surface area contributed by atoms with E-state index in [-0.39, 0.29) is 11.2 Å². The zero-order valence-electron chi connectivity index (χ0n) is 12.4. The van der Waals surface area contributed by atoms with Crippen LogP contribution < -0.4 is 10.5 Å². The minimum Gasteiger partial charge on any atom is -0.508 e. The summed E-state index contributed by atoms with van der Waals surface area (Å²) < 4.78 is 5.34. The Morgan fingerprint density at radius 2 is 1.86 bits per heavy atom.